The fourth-order valence-corrected chi connectivity index (χ4v) is 0. The summed E-state index contributed by atoms with van der Waals surface area (Å²) in [5.41, 5.74) is 0. The van der Waals surface area contributed by atoms with Crippen LogP contribution in [0.4, 0.5) is 0 Å². The Morgan fingerprint density at radius 2 is 1.00 bits per heavy atom. The van der Waals surface area contributed by atoms with Crippen LogP contribution < -0.4 is 0 Å². The third kappa shape index (κ3) is 25.3. The van der Waals surface area contributed by atoms with E-state index >= 15 is 0 Å². The Kier molecular flexibility index (Phi) is 549. The molecular weight excluding hydrogens is 198 g/mol. The van der Waals surface area contributed by atoms with E-state index in [1.165, 1.54) is 0 Å². The van der Waals surface area contributed by atoms with Crippen LogP contribution in [-0.4, -0.2) is 11.0 Å². The van der Waals surface area contributed by atoms with Gasteiger partial charge < -0.3 is 0 Å². The SMILES string of the molecule is C.[Cr].[Mn].[Si].[V]. The molecule has 0 amide bonds. The van der Waals surface area contributed by atoms with Crippen molar-refractivity contribution in [2.24, 2.45) is 0 Å². The predicted octanol–water partition coefficient (Wildman–Crippen LogP) is 0.248. The van der Waals surface area contributed by atoms with Crippen molar-refractivity contribution in [2.75, 3.05) is 0 Å². The van der Waals surface area contributed by atoms with Crippen molar-refractivity contribution in [3.8, 4) is 0 Å². The molecule has 0 saturated carbocycles. The molecule has 0 nitrogen and oxygen atoms in total. The van der Waals surface area contributed by atoms with Gasteiger partial charge in [-0.2, -0.15) is 0 Å². The van der Waals surface area contributed by atoms with Crippen LogP contribution in [0.15, 0.2) is 0 Å². The van der Waals surface area contributed by atoms with Gasteiger partial charge in [0.05, 0.1) is 0 Å². The van der Waals surface area contributed by atoms with Gasteiger partial charge in [-0.15, -0.1) is 0 Å². The van der Waals surface area contributed by atoms with Crippen molar-refractivity contribution >= 4 is 11.0 Å². The van der Waals surface area contributed by atoms with Crippen LogP contribution in [-0.2, 0) is 53.0 Å². The van der Waals surface area contributed by atoms with Gasteiger partial charge in [0.25, 0.3) is 0 Å². The van der Waals surface area contributed by atoms with Crippen LogP contribution in [0.3, 0.4) is 0 Å². The minimum atomic E-state index is 0. The molecule has 0 heterocycles. The topological polar surface area (TPSA) is 0 Å². The van der Waals surface area contributed by atoms with Gasteiger partial charge in [-0.3, -0.25) is 0 Å². The zero-order chi connectivity index (χ0) is 0. The summed E-state index contributed by atoms with van der Waals surface area (Å²) in [6.45, 7) is 0. The summed E-state index contributed by atoms with van der Waals surface area (Å²) >= 11 is 0. The molecule has 0 aliphatic heterocycles. The molecule has 0 bridgehead atoms. The first-order valence-corrected chi connectivity index (χ1v) is 0. The Hall–Kier alpha value is 1.85. The van der Waals surface area contributed by atoms with Crippen LogP contribution in [0.25, 0.3) is 0 Å². The third-order valence-corrected chi connectivity index (χ3v) is 0. The van der Waals surface area contributed by atoms with E-state index in [1.54, 1.807) is 0 Å². The zero-order valence-electron chi connectivity index (χ0n) is 1.73. The van der Waals surface area contributed by atoms with E-state index < -0.39 is 0 Å². The van der Waals surface area contributed by atoms with Crippen LogP contribution in [0, 0.1) is 0 Å². The molecule has 0 aromatic rings. The second kappa shape index (κ2) is 40.1. The zero-order valence-corrected chi connectivity index (χ0v) is 6.59. The maximum absolute atomic E-state index is 0. The summed E-state index contributed by atoms with van der Waals surface area (Å²) in [4.78, 5) is 0. The minimum absolute atomic E-state index is 0. The number of rotatable bonds is 0. The Labute approximate surface area is 71.0 Å². The van der Waals surface area contributed by atoms with E-state index in [0.29, 0.717) is 0 Å². The molecule has 0 atom stereocenters. The molecule has 0 aliphatic carbocycles. The van der Waals surface area contributed by atoms with Gasteiger partial charge in [0.15, 0.2) is 0 Å². The van der Waals surface area contributed by atoms with Crippen molar-refractivity contribution in [3.63, 3.8) is 0 Å². The molecule has 0 aliphatic rings. The number of hydrogen-bond donors (Lipinski definition) is 0. The molecule has 0 fully saturated rings. The molecule has 0 spiro atoms. The summed E-state index contributed by atoms with van der Waals surface area (Å²) in [7, 11) is 0. The molecule has 4 heteroatoms. The van der Waals surface area contributed by atoms with Crippen LogP contribution in [0.1, 0.15) is 7.43 Å². The Balaban J connectivity index is 0. The second-order valence-electron chi connectivity index (χ2n) is 0. The standard InChI is InChI=1S/CH4.Cr.Mn.Si.V/h1H4;;;;. The molecule has 0 rings (SSSR count). The summed E-state index contributed by atoms with van der Waals surface area (Å²) in [6.07, 6.45) is 0. The summed E-state index contributed by atoms with van der Waals surface area (Å²) in [5.74, 6) is 0. The fraction of sp³-hybridized carbons (Fsp3) is 1.00. The largest absolute Gasteiger partial charge is 0.0776 e. The van der Waals surface area contributed by atoms with E-state index in [0.717, 1.165) is 0 Å². The Morgan fingerprint density at radius 3 is 1.00 bits per heavy atom. The minimum Gasteiger partial charge on any atom is -0.0776 e. The molecule has 30 valence electrons. The first-order valence-electron chi connectivity index (χ1n) is 0. The summed E-state index contributed by atoms with van der Waals surface area (Å²) in [5, 5.41) is 0. The van der Waals surface area contributed by atoms with Gasteiger partial charge in [0, 0.05) is 64.0 Å². The van der Waals surface area contributed by atoms with E-state index in [-0.39, 0.29) is 71.4 Å². The number of hydrogen-bond acceptors (Lipinski definition) is 0. The van der Waals surface area contributed by atoms with Gasteiger partial charge >= 0.3 is 0 Å². The quantitative estimate of drug-likeness (QED) is 0.494. The molecule has 0 unspecified atom stereocenters. The molecule has 0 saturated heterocycles. The van der Waals surface area contributed by atoms with Gasteiger partial charge in [-0.1, -0.05) is 7.43 Å². The molecule has 6 radical (unpaired) electrons. The van der Waals surface area contributed by atoms with Crippen LogP contribution in [0.5, 0.6) is 0 Å². The van der Waals surface area contributed by atoms with Crippen molar-refractivity contribution in [3.05, 3.63) is 0 Å². The second-order valence-corrected chi connectivity index (χ2v) is 0. The van der Waals surface area contributed by atoms with E-state index in [9.17, 15) is 0 Å². The monoisotopic (exact) mass is 202 g/mol. The van der Waals surface area contributed by atoms with E-state index in [4.69, 9.17) is 0 Å². The predicted molar refractivity (Wildman–Crippen MR) is 12.5 cm³/mol. The van der Waals surface area contributed by atoms with Crippen molar-refractivity contribution in [1.29, 1.82) is 0 Å². The van der Waals surface area contributed by atoms with E-state index in [1.807, 2.05) is 0 Å². The van der Waals surface area contributed by atoms with Gasteiger partial charge in [-0.05, 0) is 0 Å². The summed E-state index contributed by atoms with van der Waals surface area (Å²) in [6, 6.07) is 0. The maximum Gasteiger partial charge on any atom is 0 e. The molecule has 0 aromatic carbocycles. The first-order chi connectivity index (χ1) is 0. The van der Waals surface area contributed by atoms with Gasteiger partial charge in [0.2, 0.25) is 0 Å². The van der Waals surface area contributed by atoms with Gasteiger partial charge in [-0.25, -0.2) is 0 Å². The normalized spacial score (nSPS) is 0. The van der Waals surface area contributed by atoms with Crippen LogP contribution in [0.2, 0.25) is 0 Å². The van der Waals surface area contributed by atoms with Gasteiger partial charge in [0.1, 0.15) is 0 Å². The Morgan fingerprint density at radius 1 is 1.00 bits per heavy atom. The van der Waals surface area contributed by atoms with Crippen molar-refractivity contribution < 1.29 is 53.0 Å². The molecule has 0 N–H and O–H groups in total. The third-order valence-electron chi connectivity index (χ3n) is 0. The van der Waals surface area contributed by atoms with E-state index in [2.05, 4.69) is 0 Å². The first kappa shape index (κ1) is 68.4. The molecule has 0 aromatic heterocycles. The fourth-order valence-electron chi connectivity index (χ4n) is 0. The average molecular weight is 202 g/mol. The maximum atomic E-state index is 0. The summed E-state index contributed by atoms with van der Waals surface area (Å²) < 4.78 is 0. The smallest absolute Gasteiger partial charge is 0 e. The average Bonchev–Trinajstić information content (AvgIpc) is 0. The molecule has 5 heavy (non-hydrogen) atoms. The molecular formula is CH4CrMnSiV. The Bertz CT molecular complexity index is 11.6. The van der Waals surface area contributed by atoms with Crippen LogP contribution >= 0.6 is 0 Å². The van der Waals surface area contributed by atoms with Crippen molar-refractivity contribution in [1.82, 2.24) is 0 Å². The van der Waals surface area contributed by atoms with Crippen molar-refractivity contribution in [2.45, 2.75) is 7.43 Å².